The Balaban J connectivity index is 2.16. The van der Waals surface area contributed by atoms with E-state index in [1.54, 1.807) is 50.2 Å². The summed E-state index contributed by atoms with van der Waals surface area (Å²) in [6.07, 6.45) is 1.77. The van der Waals surface area contributed by atoms with Crippen LogP contribution >= 0.6 is 0 Å². The Labute approximate surface area is 268 Å². The average Bonchev–Trinajstić information content (AvgIpc) is 3.51. The number of hydrogen-bond acceptors (Lipinski definition) is 8. The van der Waals surface area contributed by atoms with Gasteiger partial charge in [-0.3, -0.25) is 24.5 Å². The Morgan fingerprint density at radius 1 is 1.11 bits per heavy atom. The van der Waals surface area contributed by atoms with Gasteiger partial charge in [0.05, 0.1) is 47.6 Å². The number of nitro benzene ring substituents is 1. The van der Waals surface area contributed by atoms with Gasteiger partial charge in [0, 0.05) is 53.5 Å². The van der Waals surface area contributed by atoms with Crippen LogP contribution in [0.3, 0.4) is 0 Å². The van der Waals surface area contributed by atoms with Crippen molar-refractivity contribution in [3.05, 3.63) is 39.9 Å². The minimum atomic E-state index is -0.649. The van der Waals surface area contributed by atoms with Gasteiger partial charge in [-0.15, -0.1) is 0 Å². The second kappa shape index (κ2) is 17.6. The molecule has 1 saturated heterocycles. The summed E-state index contributed by atoms with van der Waals surface area (Å²) in [7, 11) is 6.58. The number of nitro groups is 1. The number of ether oxygens (including phenoxy) is 2. The Bertz CT molecular complexity index is 1150. The van der Waals surface area contributed by atoms with Gasteiger partial charge >= 0.3 is 0 Å². The second-order valence-electron chi connectivity index (χ2n) is 12.8. The predicted molar refractivity (Wildman–Crippen MR) is 173 cm³/mol. The van der Waals surface area contributed by atoms with Crippen molar-refractivity contribution < 1.29 is 28.8 Å². The van der Waals surface area contributed by atoms with Crippen LogP contribution in [0.15, 0.2) is 24.3 Å². The van der Waals surface area contributed by atoms with Gasteiger partial charge in [0.2, 0.25) is 17.7 Å². The van der Waals surface area contributed by atoms with Gasteiger partial charge in [0.15, 0.2) is 0 Å². The quantitative estimate of drug-likeness (QED) is 0.202. The van der Waals surface area contributed by atoms with E-state index in [0.29, 0.717) is 25.9 Å². The van der Waals surface area contributed by atoms with E-state index in [2.05, 4.69) is 0 Å². The standard InChI is InChI=1S/C33H55N5O7/c1-10-22(4)30(36(7)33(41)29(34)21(2)3)27(44-8)20-28(39)37-17-12-15-26(37)31(45-9)23(5)32(40)35(6)18-16-24-13-11-14-25(19-24)38(42)43/h11,13-14,19,21-23,26-27,29-31H,10,12,15-18,20,34H2,1-9H3/t22-,23+,26-,27+,29-,30?,31+/m0/s1. The molecule has 1 aliphatic rings. The number of non-ortho nitro benzene ring substituents is 1. The molecule has 3 amide bonds. The molecule has 0 radical (unpaired) electrons. The molecule has 0 aromatic heterocycles. The molecule has 0 bridgehead atoms. The molecule has 1 fully saturated rings. The van der Waals surface area contributed by atoms with Crippen LogP contribution in [0.4, 0.5) is 5.69 Å². The Hall–Kier alpha value is -3.09. The smallest absolute Gasteiger partial charge is 0.269 e. The molecule has 12 heteroatoms. The number of likely N-dealkylation sites (tertiary alicyclic amines) is 1. The fraction of sp³-hybridized carbons (Fsp3) is 0.727. The van der Waals surface area contributed by atoms with Crippen molar-refractivity contribution in [3.63, 3.8) is 0 Å². The third-order valence-corrected chi connectivity index (χ3v) is 9.47. The lowest BCUT2D eigenvalue weighted by Crippen LogP contribution is -2.56. The minimum absolute atomic E-state index is 0.0175. The highest BCUT2D eigenvalue weighted by molar-refractivity contribution is 5.82. The lowest BCUT2D eigenvalue weighted by atomic mass is 9.89. The Morgan fingerprint density at radius 2 is 1.78 bits per heavy atom. The maximum absolute atomic E-state index is 13.9. The molecule has 1 aliphatic heterocycles. The summed E-state index contributed by atoms with van der Waals surface area (Å²) < 4.78 is 11.8. The molecule has 1 heterocycles. The van der Waals surface area contributed by atoms with Gasteiger partial charge in [0.25, 0.3) is 5.69 Å². The monoisotopic (exact) mass is 633 g/mol. The zero-order chi connectivity index (χ0) is 34.0. The second-order valence-corrected chi connectivity index (χ2v) is 12.8. The molecule has 254 valence electrons. The van der Waals surface area contributed by atoms with Crippen LogP contribution < -0.4 is 5.73 Å². The van der Waals surface area contributed by atoms with Crippen molar-refractivity contribution >= 4 is 23.4 Å². The summed E-state index contributed by atoms with van der Waals surface area (Å²) in [4.78, 5) is 56.4. The number of amides is 3. The number of methoxy groups -OCH3 is 2. The van der Waals surface area contributed by atoms with Gasteiger partial charge in [-0.1, -0.05) is 53.2 Å². The van der Waals surface area contributed by atoms with Crippen molar-refractivity contribution in [2.75, 3.05) is 41.4 Å². The average molecular weight is 634 g/mol. The van der Waals surface area contributed by atoms with E-state index in [1.165, 1.54) is 12.1 Å². The summed E-state index contributed by atoms with van der Waals surface area (Å²) in [6, 6.07) is 5.12. The molecule has 0 spiro atoms. The number of likely N-dealkylation sites (N-methyl/N-ethyl adjacent to an activating group) is 2. The van der Waals surface area contributed by atoms with E-state index >= 15 is 0 Å². The van der Waals surface area contributed by atoms with Crippen molar-refractivity contribution in [1.82, 2.24) is 14.7 Å². The molecule has 0 aliphatic carbocycles. The molecular formula is C33H55N5O7. The molecule has 45 heavy (non-hydrogen) atoms. The maximum atomic E-state index is 13.9. The predicted octanol–water partition coefficient (Wildman–Crippen LogP) is 3.50. The minimum Gasteiger partial charge on any atom is -0.379 e. The van der Waals surface area contributed by atoms with E-state index < -0.39 is 29.1 Å². The number of nitrogens with zero attached hydrogens (tertiary/aromatic N) is 4. The summed E-state index contributed by atoms with van der Waals surface area (Å²) in [5.74, 6) is -0.902. The van der Waals surface area contributed by atoms with Crippen LogP contribution in [0, 0.1) is 27.9 Å². The van der Waals surface area contributed by atoms with Gasteiger partial charge in [-0.05, 0) is 36.7 Å². The zero-order valence-corrected chi connectivity index (χ0v) is 28.6. The van der Waals surface area contributed by atoms with E-state index in [1.807, 2.05) is 39.5 Å². The third kappa shape index (κ3) is 9.70. The Kier molecular flexibility index (Phi) is 14.9. The summed E-state index contributed by atoms with van der Waals surface area (Å²) in [5.41, 5.74) is 7.00. The number of nitrogens with two attached hydrogens (primary N) is 1. The largest absolute Gasteiger partial charge is 0.379 e. The van der Waals surface area contributed by atoms with Gasteiger partial charge in [-0.25, -0.2) is 0 Å². The highest BCUT2D eigenvalue weighted by Crippen LogP contribution is 2.30. The first-order valence-corrected chi connectivity index (χ1v) is 16.1. The van der Waals surface area contributed by atoms with Crippen LogP contribution in [-0.2, 0) is 30.3 Å². The van der Waals surface area contributed by atoms with Gasteiger partial charge in [-0.2, -0.15) is 0 Å². The van der Waals surface area contributed by atoms with Crippen LogP contribution in [-0.4, -0.2) is 109 Å². The van der Waals surface area contributed by atoms with Gasteiger partial charge in [0.1, 0.15) is 0 Å². The molecule has 2 rings (SSSR count). The number of carbonyl (C=O) groups is 3. The fourth-order valence-electron chi connectivity index (χ4n) is 6.40. The molecule has 2 N–H and O–H groups in total. The molecular weight excluding hydrogens is 578 g/mol. The molecule has 1 aromatic carbocycles. The van der Waals surface area contributed by atoms with E-state index in [0.717, 1.165) is 18.4 Å². The SMILES string of the molecule is CC[C@H](C)C([C@@H](CC(=O)N1CCC[C@H]1[C@H](OC)[C@@H](C)C(=O)N(C)CCc1cccc([N+](=O)[O-])c1)OC)N(C)C(=O)[C@@H](N)C(C)C. The lowest BCUT2D eigenvalue weighted by Gasteiger charge is -2.40. The number of benzene rings is 1. The van der Waals surface area contributed by atoms with Crippen LogP contribution in [0.1, 0.15) is 65.9 Å². The molecule has 1 aromatic rings. The highest BCUT2D eigenvalue weighted by atomic mass is 16.6. The lowest BCUT2D eigenvalue weighted by molar-refractivity contribution is -0.384. The van der Waals surface area contributed by atoms with Crippen molar-refractivity contribution in [3.8, 4) is 0 Å². The topological polar surface area (TPSA) is 149 Å². The first-order valence-electron chi connectivity index (χ1n) is 16.1. The molecule has 1 unspecified atom stereocenters. The van der Waals surface area contributed by atoms with E-state index in [9.17, 15) is 24.5 Å². The maximum Gasteiger partial charge on any atom is 0.269 e. The molecule has 0 saturated carbocycles. The third-order valence-electron chi connectivity index (χ3n) is 9.47. The number of carbonyl (C=O) groups excluding carboxylic acids is 3. The first kappa shape index (κ1) is 38.1. The number of rotatable bonds is 17. The summed E-state index contributed by atoms with van der Waals surface area (Å²) in [5, 5.41) is 11.1. The van der Waals surface area contributed by atoms with Crippen molar-refractivity contribution in [1.29, 1.82) is 0 Å². The van der Waals surface area contributed by atoms with Crippen LogP contribution in [0.2, 0.25) is 0 Å². The number of hydrogen-bond donors (Lipinski definition) is 1. The normalized spacial score (nSPS) is 19.0. The van der Waals surface area contributed by atoms with E-state index in [4.69, 9.17) is 15.2 Å². The Morgan fingerprint density at radius 3 is 2.33 bits per heavy atom. The summed E-state index contributed by atoms with van der Waals surface area (Å²) >= 11 is 0. The van der Waals surface area contributed by atoms with E-state index in [-0.39, 0.29) is 53.7 Å². The van der Waals surface area contributed by atoms with Crippen LogP contribution in [0.5, 0.6) is 0 Å². The highest BCUT2D eigenvalue weighted by Gasteiger charge is 2.42. The zero-order valence-electron chi connectivity index (χ0n) is 28.6. The van der Waals surface area contributed by atoms with Crippen molar-refractivity contribution in [2.45, 2.75) is 97.1 Å². The van der Waals surface area contributed by atoms with Crippen molar-refractivity contribution in [2.24, 2.45) is 23.5 Å². The summed E-state index contributed by atoms with van der Waals surface area (Å²) in [6.45, 7) is 10.7. The van der Waals surface area contributed by atoms with Crippen LogP contribution in [0.25, 0.3) is 0 Å². The molecule has 7 atom stereocenters. The first-order chi connectivity index (χ1) is 21.2. The van der Waals surface area contributed by atoms with Gasteiger partial charge < -0.3 is 29.9 Å². The fourth-order valence-corrected chi connectivity index (χ4v) is 6.40. The molecule has 12 nitrogen and oxygen atoms in total.